The molecular formula is C25H23N3O2S. The second kappa shape index (κ2) is 9.53. The van der Waals surface area contributed by atoms with Crippen LogP contribution in [0.15, 0.2) is 77.8 Å². The van der Waals surface area contributed by atoms with Crippen molar-refractivity contribution in [2.45, 2.75) is 11.4 Å². The van der Waals surface area contributed by atoms with Gasteiger partial charge in [-0.25, -0.2) is 0 Å². The van der Waals surface area contributed by atoms with Gasteiger partial charge in [-0.1, -0.05) is 36.4 Å². The Hall–Kier alpha value is -3.51. The number of aromatic amines is 1. The first-order valence-electron chi connectivity index (χ1n) is 9.97. The number of aldehydes is 2. The highest BCUT2D eigenvalue weighted by Crippen LogP contribution is 2.35. The van der Waals surface area contributed by atoms with E-state index in [2.05, 4.69) is 27.3 Å². The standard InChI is InChI=1S/C25H23N3O2S/c1-28(16-18-5-4-6-19(13-18)17-30)24-14-20(9-10-25(24)31-12-11-29)27-23-15-26-22-8-3-2-7-21(22)23/h2-11,13-15,17,26-27H,12,16H2,1H3. The highest BCUT2D eigenvalue weighted by Gasteiger charge is 2.12. The van der Waals surface area contributed by atoms with Crippen LogP contribution in [0.25, 0.3) is 10.9 Å². The van der Waals surface area contributed by atoms with Gasteiger partial charge in [0.25, 0.3) is 0 Å². The lowest BCUT2D eigenvalue weighted by Crippen LogP contribution is -2.17. The molecule has 31 heavy (non-hydrogen) atoms. The number of thioether (sulfide) groups is 1. The fraction of sp³-hybridized carbons (Fsp3) is 0.120. The third kappa shape index (κ3) is 4.81. The van der Waals surface area contributed by atoms with Gasteiger partial charge in [0, 0.05) is 46.8 Å². The summed E-state index contributed by atoms with van der Waals surface area (Å²) in [6.45, 7) is 0.646. The molecule has 6 heteroatoms. The molecule has 0 unspecified atom stereocenters. The Balaban J connectivity index is 1.63. The molecule has 156 valence electrons. The summed E-state index contributed by atoms with van der Waals surface area (Å²) in [4.78, 5) is 28.5. The molecule has 0 spiro atoms. The van der Waals surface area contributed by atoms with Crippen LogP contribution in [0.4, 0.5) is 17.1 Å². The van der Waals surface area contributed by atoms with Crippen LogP contribution in [-0.2, 0) is 11.3 Å². The number of anilines is 3. The van der Waals surface area contributed by atoms with Crippen molar-refractivity contribution in [1.82, 2.24) is 4.98 Å². The van der Waals surface area contributed by atoms with Crippen LogP contribution in [0.5, 0.6) is 0 Å². The summed E-state index contributed by atoms with van der Waals surface area (Å²) in [7, 11) is 2.02. The Labute approximate surface area is 185 Å². The Bertz CT molecular complexity index is 1220. The molecule has 2 N–H and O–H groups in total. The van der Waals surface area contributed by atoms with Crippen LogP contribution in [0.3, 0.4) is 0 Å². The third-order valence-electron chi connectivity index (χ3n) is 5.05. The lowest BCUT2D eigenvalue weighted by molar-refractivity contribution is -0.105. The molecule has 0 fully saturated rings. The fourth-order valence-corrected chi connectivity index (χ4v) is 4.37. The van der Waals surface area contributed by atoms with Crippen molar-refractivity contribution in [3.8, 4) is 0 Å². The van der Waals surface area contributed by atoms with Crippen molar-refractivity contribution in [3.05, 3.63) is 84.1 Å². The van der Waals surface area contributed by atoms with Crippen molar-refractivity contribution in [2.24, 2.45) is 0 Å². The lowest BCUT2D eigenvalue weighted by atomic mass is 10.1. The number of hydrogen-bond donors (Lipinski definition) is 2. The van der Waals surface area contributed by atoms with Crippen LogP contribution in [0.1, 0.15) is 15.9 Å². The quantitative estimate of drug-likeness (QED) is 0.266. The predicted molar refractivity (Wildman–Crippen MR) is 129 cm³/mol. The summed E-state index contributed by atoms with van der Waals surface area (Å²) >= 11 is 1.51. The smallest absolute Gasteiger partial charge is 0.150 e. The third-order valence-corrected chi connectivity index (χ3v) is 6.01. The average molecular weight is 430 g/mol. The summed E-state index contributed by atoms with van der Waals surface area (Å²) in [6, 6.07) is 21.9. The van der Waals surface area contributed by atoms with E-state index >= 15 is 0 Å². The number of aromatic nitrogens is 1. The fourth-order valence-electron chi connectivity index (χ4n) is 3.59. The first kappa shape index (κ1) is 20.8. The lowest BCUT2D eigenvalue weighted by Gasteiger charge is -2.23. The molecule has 3 aromatic carbocycles. The molecule has 4 aromatic rings. The minimum absolute atomic E-state index is 0.399. The first-order valence-corrected chi connectivity index (χ1v) is 11.0. The average Bonchev–Trinajstić information content (AvgIpc) is 3.21. The van der Waals surface area contributed by atoms with Gasteiger partial charge >= 0.3 is 0 Å². The maximum atomic E-state index is 11.1. The number of nitrogens with one attached hydrogen (secondary N) is 2. The molecule has 0 aliphatic rings. The number of carbonyl (C=O) groups excluding carboxylic acids is 2. The molecule has 0 radical (unpaired) electrons. The molecule has 5 nitrogen and oxygen atoms in total. The number of benzene rings is 3. The van der Waals surface area contributed by atoms with Crippen LogP contribution in [0, 0.1) is 0 Å². The summed E-state index contributed by atoms with van der Waals surface area (Å²) in [5.41, 5.74) is 5.79. The molecule has 0 saturated heterocycles. The SMILES string of the molecule is CN(Cc1cccc(C=O)c1)c1cc(Nc2c[nH]c3ccccc23)ccc1SCC=O. The van der Waals surface area contributed by atoms with Gasteiger partial charge in [-0.15, -0.1) is 11.8 Å². The Morgan fingerprint density at radius 3 is 2.74 bits per heavy atom. The van der Waals surface area contributed by atoms with Crippen LogP contribution < -0.4 is 10.2 Å². The zero-order valence-electron chi connectivity index (χ0n) is 17.2. The molecule has 0 aliphatic heterocycles. The van der Waals surface area contributed by atoms with E-state index in [0.717, 1.165) is 51.0 Å². The van der Waals surface area contributed by atoms with E-state index in [1.54, 1.807) is 6.07 Å². The van der Waals surface area contributed by atoms with E-state index in [4.69, 9.17) is 0 Å². The summed E-state index contributed by atoms with van der Waals surface area (Å²) in [5.74, 6) is 0.399. The number of H-pyrrole nitrogens is 1. The van der Waals surface area contributed by atoms with Gasteiger partial charge in [-0.05, 0) is 35.9 Å². The molecule has 1 heterocycles. The number of para-hydroxylation sites is 1. The van der Waals surface area contributed by atoms with Gasteiger partial charge in [0.1, 0.15) is 12.6 Å². The zero-order chi connectivity index (χ0) is 21.6. The summed E-state index contributed by atoms with van der Waals surface area (Å²) in [5, 5.41) is 4.63. The van der Waals surface area contributed by atoms with Crippen molar-refractivity contribution >= 4 is 52.3 Å². The molecule has 0 aliphatic carbocycles. The number of nitrogens with zero attached hydrogens (tertiary/aromatic N) is 1. The second-order valence-electron chi connectivity index (χ2n) is 7.25. The summed E-state index contributed by atoms with van der Waals surface area (Å²) < 4.78 is 0. The van der Waals surface area contributed by atoms with Crippen molar-refractivity contribution in [1.29, 1.82) is 0 Å². The zero-order valence-corrected chi connectivity index (χ0v) is 18.0. The van der Waals surface area contributed by atoms with Gasteiger partial charge in [0.2, 0.25) is 0 Å². The van der Waals surface area contributed by atoms with Gasteiger partial charge in [-0.2, -0.15) is 0 Å². The largest absolute Gasteiger partial charge is 0.369 e. The van der Waals surface area contributed by atoms with Gasteiger partial charge in [0.05, 0.1) is 17.1 Å². The minimum Gasteiger partial charge on any atom is -0.369 e. The summed E-state index contributed by atoms with van der Waals surface area (Å²) in [6.07, 6.45) is 3.74. The highest BCUT2D eigenvalue weighted by molar-refractivity contribution is 8.00. The van der Waals surface area contributed by atoms with Crippen LogP contribution in [0.2, 0.25) is 0 Å². The number of hydrogen-bond acceptors (Lipinski definition) is 5. The van der Waals surface area contributed by atoms with E-state index in [0.29, 0.717) is 17.9 Å². The van der Waals surface area contributed by atoms with Crippen LogP contribution in [-0.4, -0.2) is 30.4 Å². The monoisotopic (exact) mass is 429 g/mol. The maximum absolute atomic E-state index is 11.1. The van der Waals surface area contributed by atoms with Crippen molar-refractivity contribution in [3.63, 3.8) is 0 Å². The Kier molecular flexibility index (Phi) is 6.38. The Morgan fingerprint density at radius 2 is 1.90 bits per heavy atom. The van der Waals surface area contributed by atoms with E-state index in [9.17, 15) is 9.59 Å². The highest BCUT2D eigenvalue weighted by atomic mass is 32.2. The number of rotatable bonds is 9. The molecule has 1 aromatic heterocycles. The van der Waals surface area contributed by atoms with Crippen LogP contribution >= 0.6 is 11.8 Å². The van der Waals surface area contributed by atoms with Gasteiger partial charge in [0.15, 0.2) is 0 Å². The predicted octanol–water partition coefficient (Wildman–Crippen LogP) is 5.65. The van der Waals surface area contributed by atoms with Gasteiger partial charge in [-0.3, -0.25) is 4.79 Å². The second-order valence-corrected chi connectivity index (χ2v) is 8.31. The maximum Gasteiger partial charge on any atom is 0.150 e. The van der Waals surface area contributed by atoms with Crippen molar-refractivity contribution < 1.29 is 9.59 Å². The van der Waals surface area contributed by atoms with Crippen molar-refractivity contribution in [2.75, 3.05) is 23.0 Å². The topological polar surface area (TPSA) is 65.2 Å². The van der Waals surface area contributed by atoms with Gasteiger partial charge < -0.3 is 20.0 Å². The number of fused-ring (bicyclic) bond motifs is 1. The molecule has 0 bridgehead atoms. The molecule has 4 rings (SSSR count). The van der Waals surface area contributed by atoms with E-state index in [-0.39, 0.29) is 0 Å². The van der Waals surface area contributed by atoms with E-state index < -0.39 is 0 Å². The first-order chi connectivity index (χ1) is 15.2. The molecule has 0 atom stereocenters. The molecule has 0 saturated carbocycles. The minimum atomic E-state index is 0.399. The Morgan fingerprint density at radius 1 is 1.03 bits per heavy atom. The molecule has 0 amide bonds. The molecular weight excluding hydrogens is 406 g/mol. The van der Waals surface area contributed by atoms with E-state index in [1.807, 2.05) is 61.8 Å². The normalized spacial score (nSPS) is 10.7. The van der Waals surface area contributed by atoms with E-state index in [1.165, 1.54) is 11.8 Å². The number of carbonyl (C=O) groups is 2.